The molecule has 1 heterocycles. The van der Waals surface area contributed by atoms with Crippen LogP contribution in [0.4, 0.5) is 4.39 Å². The van der Waals surface area contributed by atoms with Crippen molar-refractivity contribution in [1.29, 1.82) is 0 Å². The van der Waals surface area contributed by atoms with Crippen LogP contribution in [0.3, 0.4) is 0 Å². The third-order valence-corrected chi connectivity index (χ3v) is 4.09. The first kappa shape index (κ1) is 13.5. The molecule has 100 valence electrons. The van der Waals surface area contributed by atoms with Gasteiger partial charge in [0.05, 0.1) is 6.20 Å². The summed E-state index contributed by atoms with van der Waals surface area (Å²) < 4.78 is 13.9. The van der Waals surface area contributed by atoms with Crippen LogP contribution in [-0.2, 0) is 0 Å². The Balaban J connectivity index is 2.15. The van der Waals surface area contributed by atoms with E-state index in [0.717, 1.165) is 18.0 Å². The van der Waals surface area contributed by atoms with Crippen molar-refractivity contribution in [2.24, 2.45) is 11.8 Å². The Labute approximate surface area is 109 Å². The lowest BCUT2D eigenvalue weighted by Gasteiger charge is -2.33. The zero-order valence-electron chi connectivity index (χ0n) is 11.3. The van der Waals surface area contributed by atoms with Gasteiger partial charge in [-0.1, -0.05) is 26.7 Å². The number of nitrogens with one attached hydrogen (secondary N) is 1. The van der Waals surface area contributed by atoms with Crippen molar-refractivity contribution in [3.63, 3.8) is 0 Å². The molecular weight excluding hydrogens is 227 g/mol. The Kier molecular flexibility index (Phi) is 4.70. The molecule has 1 unspecified atom stereocenters. The summed E-state index contributed by atoms with van der Waals surface area (Å²) in [5, 5.41) is 3.46. The molecule has 0 aliphatic heterocycles. The van der Waals surface area contributed by atoms with Crippen LogP contribution < -0.4 is 5.32 Å². The third-order valence-electron chi connectivity index (χ3n) is 4.09. The molecule has 3 heteroatoms. The van der Waals surface area contributed by atoms with Gasteiger partial charge in [-0.05, 0) is 37.3 Å². The van der Waals surface area contributed by atoms with Gasteiger partial charge < -0.3 is 5.32 Å². The predicted octanol–water partition coefficient (Wildman–Crippen LogP) is 3.70. The van der Waals surface area contributed by atoms with Crippen LogP contribution >= 0.6 is 0 Å². The fourth-order valence-electron chi connectivity index (χ4n) is 3.01. The van der Waals surface area contributed by atoms with Crippen molar-refractivity contribution in [1.82, 2.24) is 10.3 Å². The first-order chi connectivity index (χ1) is 8.72. The number of hydrogen-bond donors (Lipinski definition) is 1. The Morgan fingerprint density at radius 1 is 1.39 bits per heavy atom. The number of nitrogens with zero attached hydrogens (tertiary/aromatic N) is 1. The Morgan fingerprint density at radius 2 is 2.11 bits per heavy atom. The Hall–Kier alpha value is -0.960. The van der Waals surface area contributed by atoms with Gasteiger partial charge in [0.25, 0.3) is 0 Å². The van der Waals surface area contributed by atoms with Crippen molar-refractivity contribution >= 4 is 0 Å². The van der Waals surface area contributed by atoms with E-state index in [9.17, 15) is 4.39 Å². The molecule has 1 atom stereocenters. The number of rotatable bonds is 4. The first-order valence-corrected chi connectivity index (χ1v) is 7.05. The maximum Gasteiger partial charge on any atom is 0.146 e. The zero-order valence-corrected chi connectivity index (χ0v) is 11.3. The lowest BCUT2D eigenvalue weighted by Crippen LogP contribution is -2.31. The third kappa shape index (κ3) is 3.08. The monoisotopic (exact) mass is 250 g/mol. The van der Waals surface area contributed by atoms with Crippen molar-refractivity contribution in [2.45, 2.75) is 45.6 Å². The summed E-state index contributed by atoms with van der Waals surface area (Å²) in [4.78, 5) is 3.84. The largest absolute Gasteiger partial charge is 0.310 e. The average Bonchev–Trinajstić information content (AvgIpc) is 2.38. The summed E-state index contributed by atoms with van der Waals surface area (Å²) in [7, 11) is 0. The van der Waals surface area contributed by atoms with E-state index in [1.165, 1.54) is 31.9 Å². The second-order valence-corrected chi connectivity index (χ2v) is 5.45. The minimum absolute atomic E-state index is 0.144. The van der Waals surface area contributed by atoms with Gasteiger partial charge in [0.15, 0.2) is 0 Å². The highest BCUT2D eigenvalue weighted by atomic mass is 19.1. The van der Waals surface area contributed by atoms with Crippen LogP contribution in [0.5, 0.6) is 0 Å². The van der Waals surface area contributed by atoms with Gasteiger partial charge in [-0.2, -0.15) is 0 Å². The molecular formula is C15H23FN2. The van der Waals surface area contributed by atoms with E-state index in [4.69, 9.17) is 0 Å². The molecule has 1 aromatic rings. The zero-order chi connectivity index (χ0) is 13.0. The molecule has 0 bridgehead atoms. The van der Waals surface area contributed by atoms with Crippen molar-refractivity contribution in [3.05, 3.63) is 29.8 Å². The molecule has 1 aliphatic carbocycles. The SMILES string of the molecule is CCNC(c1ccncc1F)C1CCC(C)CC1. The van der Waals surface area contributed by atoms with Crippen LogP contribution in [0.25, 0.3) is 0 Å². The van der Waals surface area contributed by atoms with E-state index in [1.54, 1.807) is 6.20 Å². The second-order valence-electron chi connectivity index (χ2n) is 5.45. The van der Waals surface area contributed by atoms with E-state index in [0.29, 0.717) is 5.92 Å². The Morgan fingerprint density at radius 3 is 2.72 bits per heavy atom. The van der Waals surface area contributed by atoms with Gasteiger partial charge in [0, 0.05) is 17.8 Å². The molecule has 0 amide bonds. The van der Waals surface area contributed by atoms with Crippen LogP contribution in [0.1, 0.15) is 51.1 Å². The number of halogens is 1. The predicted molar refractivity (Wildman–Crippen MR) is 71.7 cm³/mol. The van der Waals surface area contributed by atoms with Gasteiger partial charge in [-0.25, -0.2) is 4.39 Å². The average molecular weight is 250 g/mol. The van der Waals surface area contributed by atoms with Crippen molar-refractivity contribution < 1.29 is 4.39 Å². The van der Waals surface area contributed by atoms with Gasteiger partial charge in [0.2, 0.25) is 0 Å². The minimum Gasteiger partial charge on any atom is -0.310 e. The Bertz CT molecular complexity index is 373. The highest BCUT2D eigenvalue weighted by Gasteiger charge is 2.28. The molecule has 2 nitrogen and oxygen atoms in total. The van der Waals surface area contributed by atoms with Crippen LogP contribution in [-0.4, -0.2) is 11.5 Å². The maximum atomic E-state index is 13.9. The first-order valence-electron chi connectivity index (χ1n) is 7.05. The van der Waals surface area contributed by atoms with Crippen molar-refractivity contribution in [2.75, 3.05) is 6.54 Å². The maximum absolute atomic E-state index is 13.9. The van der Waals surface area contributed by atoms with Gasteiger partial charge in [-0.3, -0.25) is 4.98 Å². The summed E-state index contributed by atoms with van der Waals surface area (Å²) in [5.41, 5.74) is 0.784. The highest BCUT2D eigenvalue weighted by molar-refractivity contribution is 5.18. The minimum atomic E-state index is -0.179. The molecule has 1 fully saturated rings. The summed E-state index contributed by atoms with van der Waals surface area (Å²) in [6.07, 6.45) is 7.93. The summed E-state index contributed by atoms with van der Waals surface area (Å²) >= 11 is 0. The van der Waals surface area contributed by atoms with Crippen LogP contribution in [0, 0.1) is 17.7 Å². The highest BCUT2D eigenvalue weighted by Crippen LogP contribution is 2.37. The lowest BCUT2D eigenvalue weighted by molar-refractivity contribution is 0.230. The van der Waals surface area contributed by atoms with Gasteiger partial charge >= 0.3 is 0 Å². The molecule has 1 aliphatic rings. The van der Waals surface area contributed by atoms with E-state index in [2.05, 4.69) is 24.1 Å². The molecule has 0 aromatic carbocycles. The fourth-order valence-corrected chi connectivity index (χ4v) is 3.01. The van der Waals surface area contributed by atoms with Crippen molar-refractivity contribution in [3.8, 4) is 0 Å². The molecule has 2 rings (SSSR count). The van der Waals surface area contributed by atoms with E-state index in [-0.39, 0.29) is 11.9 Å². The molecule has 18 heavy (non-hydrogen) atoms. The molecule has 0 spiro atoms. The van der Waals surface area contributed by atoms with E-state index >= 15 is 0 Å². The summed E-state index contributed by atoms with van der Waals surface area (Å²) in [5.74, 6) is 1.20. The second kappa shape index (κ2) is 6.28. The molecule has 1 saturated carbocycles. The molecule has 0 saturated heterocycles. The molecule has 0 radical (unpaired) electrons. The van der Waals surface area contributed by atoms with Gasteiger partial charge in [-0.15, -0.1) is 0 Å². The summed E-state index contributed by atoms with van der Waals surface area (Å²) in [6, 6.07) is 1.96. The number of hydrogen-bond acceptors (Lipinski definition) is 2. The smallest absolute Gasteiger partial charge is 0.146 e. The van der Waals surface area contributed by atoms with Crippen LogP contribution in [0.2, 0.25) is 0 Å². The van der Waals surface area contributed by atoms with E-state index < -0.39 is 0 Å². The topological polar surface area (TPSA) is 24.9 Å². The molecule has 1 N–H and O–H groups in total. The quantitative estimate of drug-likeness (QED) is 0.881. The number of aromatic nitrogens is 1. The molecule has 1 aromatic heterocycles. The van der Waals surface area contributed by atoms with Crippen LogP contribution in [0.15, 0.2) is 18.5 Å². The normalized spacial score (nSPS) is 25.9. The summed E-state index contributed by atoms with van der Waals surface area (Å²) in [6.45, 7) is 5.27. The fraction of sp³-hybridized carbons (Fsp3) is 0.667. The van der Waals surface area contributed by atoms with Gasteiger partial charge in [0.1, 0.15) is 5.82 Å². The number of pyridine rings is 1. The standard InChI is InChI=1S/C15H23FN2/c1-3-18-15(12-6-4-11(2)5-7-12)13-8-9-17-10-14(13)16/h8-12,15,18H,3-7H2,1-2H3. The van der Waals surface area contributed by atoms with E-state index in [1.807, 2.05) is 6.07 Å². The lowest BCUT2D eigenvalue weighted by atomic mass is 9.77.